The van der Waals surface area contributed by atoms with Crippen LogP contribution in [0, 0.1) is 5.92 Å². The molecule has 3 heterocycles. The molecule has 3 aromatic rings. The molecule has 1 N–H and O–H groups in total. The molecule has 1 saturated heterocycles. The number of anilines is 1. The number of rotatable bonds is 5. The maximum Gasteiger partial charge on any atom is 0.249 e. The first-order valence-electron chi connectivity index (χ1n) is 10.1. The minimum absolute atomic E-state index is 0.0236. The van der Waals surface area contributed by atoms with Gasteiger partial charge in [0.05, 0.1) is 17.2 Å². The summed E-state index contributed by atoms with van der Waals surface area (Å²) in [6.45, 7) is 0. The van der Waals surface area contributed by atoms with E-state index in [2.05, 4.69) is 15.4 Å². The van der Waals surface area contributed by atoms with Crippen LogP contribution in [0.25, 0.3) is 16.9 Å². The lowest BCUT2D eigenvalue weighted by atomic mass is 10.1. The summed E-state index contributed by atoms with van der Waals surface area (Å²) in [5, 5.41) is 7.24. The Morgan fingerprint density at radius 2 is 1.77 bits per heavy atom. The van der Waals surface area contributed by atoms with Crippen LogP contribution in [0.2, 0.25) is 0 Å². The van der Waals surface area contributed by atoms with E-state index in [1.807, 2.05) is 42.5 Å². The summed E-state index contributed by atoms with van der Waals surface area (Å²) in [5.41, 5.74) is 2.44. The van der Waals surface area contributed by atoms with Crippen molar-refractivity contribution in [2.24, 2.45) is 5.92 Å². The Morgan fingerprint density at radius 3 is 2.47 bits per heavy atom. The molecule has 9 heteroatoms. The Kier molecular flexibility index (Phi) is 4.69. The number of nitrogens with one attached hydrogen (secondary N) is 1. The molecule has 0 bridgehead atoms. The lowest BCUT2D eigenvalue weighted by molar-refractivity contribution is -0.117. The van der Waals surface area contributed by atoms with E-state index < -0.39 is 9.84 Å². The fourth-order valence-electron chi connectivity index (χ4n) is 3.62. The van der Waals surface area contributed by atoms with Gasteiger partial charge in [-0.25, -0.2) is 12.9 Å². The van der Waals surface area contributed by atoms with Gasteiger partial charge in [0.2, 0.25) is 11.9 Å². The zero-order chi connectivity index (χ0) is 20.7. The van der Waals surface area contributed by atoms with Crippen LogP contribution in [0.4, 0.5) is 5.95 Å². The van der Waals surface area contributed by atoms with Crippen LogP contribution in [-0.4, -0.2) is 46.5 Å². The molecule has 1 aliphatic heterocycles. The summed E-state index contributed by atoms with van der Waals surface area (Å²) in [4.78, 5) is 16.4. The van der Waals surface area contributed by atoms with Gasteiger partial charge in [-0.2, -0.15) is 4.98 Å². The fourth-order valence-corrected chi connectivity index (χ4v) is 5.07. The van der Waals surface area contributed by atoms with Gasteiger partial charge in [0.25, 0.3) is 0 Å². The fraction of sp³-hybridized carbons (Fsp3) is 0.381. The van der Waals surface area contributed by atoms with Crippen LogP contribution < -0.4 is 10.1 Å². The van der Waals surface area contributed by atoms with Crippen LogP contribution >= 0.6 is 0 Å². The summed E-state index contributed by atoms with van der Waals surface area (Å²) < 4.78 is 30.8. The summed E-state index contributed by atoms with van der Waals surface area (Å²) in [6, 6.07) is 13.3. The Bertz CT molecular complexity index is 1190. The van der Waals surface area contributed by atoms with Gasteiger partial charge in [-0.1, -0.05) is 6.07 Å². The van der Waals surface area contributed by atoms with Crippen LogP contribution in [-0.2, 0) is 14.6 Å². The van der Waals surface area contributed by atoms with E-state index >= 15 is 0 Å². The van der Waals surface area contributed by atoms with Crippen molar-refractivity contribution in [3.63, 3.8) is 0 Å². The van der Waals surface area contributed by atoms with Crippen molar-refractivity contribution in [2.45, 2.75) is 31.8 Å². The number of amides is 1. The molecular formula is C21H22N4O4S. The van der Waals surface area contributed by atoms with Gasteiger partial charge in [0.1, 0.15) is 11.9 Å². The molecule has 1 aromatic carbocycles. The number of carbonyl (C=O) groups is 1. The highest BCUT2D eigenvalue weighted by molar-refractivity contribution is 7.91. The number of aromatic nitrogens is 3. The normalized spacial score (nSPS) is 18.9. The van der Waals surface area contributed by atoms with Crippen molar-refractivity contribution >= 4 is 27.3 Å². The van der Waals surface area contributed by atoms with Gasteiger partial charge >= 0.3 is 0 Å². The van der Waals surface area contributed by atoms with Crippen molar-refractivity contribution in [3.8, 4) is 17.0 Å². The first kappa shape index (κ1) is 19.0. The zero-order valence-corrected chi connectivity index (χ0v) is 17.1. The van der Waals surface area contributed by atoms with Crippen molar-refractivity contribution in [1.82, 2.24) is 14.6 Å². The first-order valence-corrected chi connectivity index (χ1v) is 11.9. The monoisotopic (exact) mass is 426 g/mol. The molecule has 2 aromatic heterocycles. The number of pyridine rings is 1. The topological polar surface area (TPSA) is 103 Å². The van der Waals surface area contributed by atoms with E-state index in [1.165, 1.54) is 0 Å². The highest BCUT2D eigenvalue weighted by Gasteiger charge is 2.30. The first-order chi connectivity index (χ1) is 14.5. The van der Waals surface area contributed by atoms with Gasteiger partial charge < -0.3 is 4.74 Å². The highest BCUT2D eigenvalue weighted by atomic mass is 32.2. The number of hydrogen-bond acceptors (Lipinski definition) is 6. The Hall–Kier alpha value is -2.94. The second-order valence-electron chi connectivity index (χ2n) is 7.87. The number of hydrogen-bond donors (Lipinski definition) is 1. The van der Waals surface area contributed by atoms with Crippen LogP contribution in [0.5, 0.6) is 5.75 Å². The molecule has 1 saturated carbocycles. The molecule has 30 heavy (non-hydrogen) atoms. The van der Waals surface area contributed by atoms with Gasteiger partial charge in [-0.3, -0.25) is 10.1 Å². The largest absolute Gasteiger partial charge is 0.490 e. The summed E-state index contributed by atoms with van der Waals surface area (Å²) >= 11 is 0. The third kappa shape index (κ3) is 4.02. The molecule has 156 valence electrons. The predicted molar refractivity (Wildman–Crippen MR) is 112 cm³/mol. The van der Waals surface area contributed by atoms with Crippen molar-refractivity contribution in [2.75, 3.05) is 16.8 Å². The van der Waals surface area contributed by atoms with Gasteiger partial charge in [-0.15, -0.1) is 5.10 Å². The molecule has 5 rings (SSSR count). The Balaban J connectivity index is 1.33. The Labute approximate surface area is 174 Å². The molecule has 2 aliphatic rings. The number of nitrogens with zero attached hydrogens (tertiary/aromatic N) is 3. The lowest BCUT2D eigenvalue weighted by Crippen LogP contribution is -2.30. The van der Waals surface area contributed by atoms with Crippen molar-refractivity contribution in [3.05, 3.63) is 42.5 Å². The highest BCUT2D eigenvalue weighted by Crippen LogP contribution is 2.30. The molecule has 0 atom stereocenters. The summed E-state index contributed by atoms with van der Waals surface area (Å²) in [6.07, 6.45) is 2.83. The second-order valence-corrected chi connectivity index (χ2v) is 10.2. The quantitative estimate of drug-likeness (QED) is 0.673. The number of carbonyl (C=O) groups excluding carboxylic acids is 1. The van der Waals surface area contributed by atoms with E-state index in [0.717, 1.165) is 24.1 Å². The third-order valence-electron chi connectivity index (χ3n) is 5.50. The number of fused-ring (bicyclic) bond motifs is 1. The third-order valence-corrected chi connectivity index (χ3v) is 7.21. The number of sulfone groups is 1. The van der Waals surface area contributed by atoms with E-state index in [1.54, 1.807) is 4.52 Å². The maximum absolute atomic E-state index is 12.0. The van der Waals surface area contributed by atoms with E-state index in [9.17, 15) is 13.2 Å². The summed E-state index contributed by atoms with van der Waals surface area (Å²) in [5.74, 6) is 1.46. The molecule has 1 aliphatic carbocycles. The van der Waals surface area contributed by atoms with Gasteiger partial charge in [0, 0.05) is 11.5 Å². The molecule has 1 amide bonds. The van der Waals surface area contributed by atoms with Crippen LogP contribution in [0.1, 0.15) is 25.7 Å². The molecular weight excluding hydrogens is 404 g/mol. The lowest BCUT2D eigenvalue weighted by Gasteiger charge is -2.23. The average molecular weight is 426 g/mol. The van der Waals surface area contributed by atoms with E-state index in [0.29, 0.717) is 30.2 Å². The van der Waals surface area contributed by atoms with Crippen LogP contribution in [0.15, 0.2) is 42.5 Å². The maximum atomic E-state index is 12.0. The smallest absolute Gasteiger partial charge is 0.249 e. The predicted octanol–water partition coefficient (Wildman–Crippen LogP) is 2.70. The number of benzene rings is 1. The molecule has 0 unspecified atom stereocenters. The minimum Gasteiger partial charge on any atom is -0.490 e. The molecule has 0 radical (unpaired) electrons. The average Bonchev–Trinajstić information content (AvgIpc) is 3.50. The zero-order valence-electron chi connectivity index (χ0n) is 16.3. The molecule has 0 spiro atoms. The van der Waals surface area contributed by atoms with E-state index in [-0.39, 0.29) is 29.4 Å². The second kappa shape index (κ2) is 7.39. The van der Waals surface area contributed by atoms with Crippen molar-refractivity contribution < 1.29 is 17.9 Å². The van der Waals surface area contributed by atoms with Gasteiger partial charge in [0.15, 0.2) is 15.5 Å². The number of ether oxygens (including phenoxy) is 1. The molecule has 8 nitrogen and oxygen atoms in total. The van der Waals surface area contributed by atoms with Crippen LogP contribution in [0.3, 0.4) is 0 Å². The standard InChI is InChI=1S/C21H22N4O4S/c26-20(15-4-5-15)23-21-22-19-3-1-2-18(25(19)24-21)14-6-8-16(9-7-14)29-17-10-12-30(27,28)13-11-17/h1-3,6-9,15,17H,4-5,10-13H2,(H,23,24,26). The SMILES string of the molecule is O=C(Nc1nc2cccc(-c3ccc(OC4CCS(=O)(=O)CC4)cc3)n2n1)C1CC1. The molecule has 2 fully saturated rings. The Morgan fingerprint density at radius 1 is 1.03 bits per heavy atom. The van der Waals surface area contributed by atoms with E-state index in [4.69, 9.17) is 4.74 Å². The summed E-state index contributed by atoms with van der Waals surface area (Å²) in [7, 11) is -2.90. The van der Waals surface area contributed by atoms with Crippen molar-refractivity contribution in [1.29, 1.82) is 0 Å². The minimum atomic E-state index is -2.90. The van der Waals surface area contributed by atoms with Gasteiger partial charge in [-0.05, 0) is 62.1 Å².